The molecule has 12 heteroatoms. The highest BCUT2D eigenvalue weighted by Gasteiger charge is 2.41. The maximum Gasteiger partial charge on any atom is 0.411 e. The van der Waals surface area contributed by atoms with Crippen LogP contribution < -0.4 is 20.1 Å². The number of halogens is 2. The summed E-state index contributed by atoms with van der Waals surface area (Å²) in [6.07, 6.45) is -0.456. The average Bonchev–Trinajstić information content (AvgIpc) is 3.35. The molecule has 1 saturated heterocycles. The van der Waals surface area contributed by atoms with Gasteiger partial charge in [-0.2, -0.15) is 0 Å². The number of anilines is 1. The van der Waals surface area contributed by atoms with Gasteiger partial charge in [-0.3, -0.25) is 25.0 Å². The fourth-order valence-corrected chi connectivity index (χ4v) is 5.09. The Morgan fingerprint density at radius 1 is 0.911 bits per heavy atom. The molecule has 1 unspecified atom stereocenters. The number of carbonyl (C=O) groups excluding carboxylic acids is 4. The van der Waals surface area contributed by atoms with E-state index in [1.54, 1.807) is 36.4 Å². The summed E-state index contributed by atoms with van der Waals surface area (Å²) in [4.78, 5) is 51.9. The number of nitrogens with zero attached hydrogens (tertiary/aromatic N) is 1. The van der Waals surface area contributed by atoms with Crippen molar-refractivity contribution in [1.82, 2.24) is 10.2 Å². The summed E-state index contributed by atoms with van der Waals surface area (Å²) in [6, 6.07) is 20.3. The van der Waals surface area contributed by atoms with Crippen molar-refractivity contribution in [2.24, 2.45) is 0 Å². The van der Waals surface area contributed by atoms with Gasteiger partial charge in [-0.25, -0.2) is 13.6 Å². The molecule has 0 radical (unpaired) electrons. The molecule has 0 aliphatic carbocycles. The highest BCUT2D eigenvalue weighted by Crippen LogP contribution is 2.39. The molecule has 10 nitrogen and oxygen atoms in total. The van der Waals surface area contributed by atoms with E-state index in [1.807, 2.05) is 6.07 Å². The van der Waals surface area contributed by atoms with Crippen molar-refractivity contribution < 1.29 is 42.2 Å². The van der Waals surface area contributed by atoms with Gasteiger partial charge in [0.25, 0.3) is 5.91 Å². The number of hydrogen-bond acceptors (Lipinski definition) is 7. The van der Waals surface area contributed by atoms with Crippen LogP contribution in [0.5, 0.6) is 23.0 Å². The molecule has 4 aromatic carbocycles. The topological polar surface area (TPSA) is 123 Å². The van der Waals surface area contributed by atoms with E-state index in [0.29, 0.717) is 28.6 Å². The van der Waals surface area contributed by atoms with Crippen LogP contribution in [0, 0.1) is 11.6 Å². The highest BCUT2D eigenvalue weighted by atomic mass is 19.1. The maximum atomic E-state index is 13.9. The Hall–Kier alpha value is -5.78. The third-order valence-electron chi connectivity index (χ3n) is 7.27. The molecular formula is C33H25F2N3O7. The number of amides is 4. The van der Waals surface area contributed by atoms with Gasteiger partial charge in [-0.05, 0) is 60.5 Å². The molecule has 1 atom stereocenters. The minimum Gasteiger partial charge on any atom is -0.456 e. The van der Waals surface area contributed by atoms with Gasteiger partial charge in [-0.15, -0.1) is 0 Å². The van der Waals surface area contributed by atoms with Gasteiger partial charge >= 0.3 is 6.09 Å². The Morgan fingerprint density at radius 2 is 1.67 bits per heavy atom. The number of benzene rings is 4. The van der Waals surface area contributed by atoms with E-state index in [1.165, 1.54) is 35.2 Å². The summed E-state index contributed by atoms with van der Waals surface area (Å²) in [5, 5.41) is 4.87. The largest absolute Gasteiger partial charge is 0.456 e. The van der Waals surface area contributed by atoms with Crippen molar-refractivity contribution in [1.29, 1.82) is 0 Å². The molecule has 2 heterocycles. The molecule has 45 heavy (non-hydrogen) atoms. The van der Waals surface area contributed by atoms with E-state index < -0.39 is 35.6 Å². The summed E-state index contributed by atoms with van der Waals surface area (Å²) < 4.78 is 44.1. The lowest BCUT2D eigenvalue weighted by Gasteiger charge is -2.29. The third-order valence-corrected chi connectivity index (χ3v) is 7.27. The third kappa shape index (κ3) is 6.44. The van der Waals surface area contributed by atoms with Crippen LogP contribution in [0.1, 0.15) is 34.3 Å². The van der Waals surface area contributed by atoms with E-state index in [-0.39, 0.29) is 54.7 Å². The van der Waals surface area contributed by atoms with Gasteiger partial charge in [0, 0.05) is 30.3 Å². The minimum absolute atomic E-state index is 0.126. The molecule has 0 bridgehead atoms. The zero-order chi connectivity index (χ0) is 31.5. The first-order valence-corrected chi connectivity index (χ1v) is 13.9. The molecule has 0 spiro atoms. The molecule has 0 saturated carbocycles. The molecule has 1 fully saturated rings. The smallest absolute Gasteiger partial charge is 0.411 e. The van der Waals surface area contributed by atoms with Gasteiger partial charge in [0.1, 0.15) is 35.7 Å². The number of hydrogen-bond donors (Lipinski definition) is 2. The first-order valence-electron chi connectivity index (χ1n) is 13.9. The molecule has 4 aromatic rings. The molecule has 6 rings (SSSR count). The number of ether oxygens (including phenoxy) is 3. The van der Waals surface area contributed by atoms with Gasteiger partial charge < -0.3 is 19.1 Å². The van der Waals surface area contributed by atoms with E-state index in [2.05, 4.69) is 10.6 Å². The summed E-state index contributed by atoms with van der Waals surface area (Å²) in [5.41, 5.74) is 1.65. The SMILES string of the molecule is O=C1CCC(N2Cc3ccc(COC(=O)Nc4ccc(Oc5ccc(F)cc5F)cc4)c(Oc4ccccc4)c3C2=O)C(=O)N1. The standard InChI is InChI=1S/C33H25F2N3O7/c34-21-8-14-27(25(35)16-21)44-24-11-9-22(10-12-24)36-33(42)43-18-20-7-6-19-17-38(26-13-15-28(39)37-31(26)40)32(41)29(19)30(20)45-23-4-2-1-3-5-23/h1-12,14,16,26H,13,15,17-18H2,(H,36,42)(H,37,39,40). The minimum atomic E-state index is -0.853. The van der Waals surface area contributed by atoms with Crippen LogP contribution in [0.15, 0.2) is 84.9 Å². The van der Waals surface area contributed by atoms with E-state index in [4.69, 9.17) is 14.2 Å². The Labute approximate surface area is 255 Å². The second-order valence-electron chi connectivity index (χ2n) is 10.3. The lowest BCUT2D eigenvalue weighted by molar-refractivity contribution is -0.136. The molecule has 2 aliphatic rings. The summed E-state index contributed by atoms with van der Waals surface area (Å²) >= 11 is 0. The predicted molar refractivity (Wildman–Crippen MR) is 156 cm³/mol. The van der Waals surface area contributed by atoms with Gasteiger partial charge in [0.05, 0.1) is 5.56 Å². The van der Waals surface area contributed by atoms with Crippen molar-refractivity contribution in [2.45, 2.75) is 32.0 Å². The van der Waals surface area contributed by atoms with Crippen molar-refractivity contribution >= 4 is 29.5 Å². The second-order valence-corrected chi connectivity index (χ2v) is 10.3. The van der Waals surface area contributed by atoms with Crippen LogP contribution in [-0.2, 0) is 27.5 Å². The van der Waals surface area contributed by atoms with Crippen molar-refractivity contribution in [3.63, 3.8) is 0 Å². The zero-order valence-electron chi connectivity index (χ0n) is 23.5. The molecular weight excluding hydrogens is 588 g/mol. The molecule has 0 aromatic heterocycles. The number of nitrogens with one attached hydrogen (secondary N) is 2. The fraction of sp³-hybridized carbons (Fsp3) is 0.152. The van der Waals surface area contributed by atoms with Gasteiger partial charge in [0.2, 0.25) is 11.8 Å². The number of fused-ring (bicyclic) bond motifs is 1. The normalized spacial score (nSPS) is 15.7. The number of para-hydroxylation sites is 1. The summed E-state index contributed by atoms with van der Waals surface area (Å²) in [7, 11) is 0. The predicted octanol–water partition coefficient (Wildman–Crippen LogP) is 6.06. The Balaban J connectivity index is 1.16. The number of carbonyl (C=O) groups is 4. The van der Waals surface area contributed by atoms with Crippen molar-refractivity contribution in [3.05, 3.63) is 113 Å². The van der Waals surface area contributed by atoms with E-state index in [9.17, 15) is 28.0 Å². The maximum absolute atomic E-state index is 13.9. The number of piperidine rings is 1. The van der Waals surface area contributed by atoms with Crippen LogP contribution in [0.4, 0.5) is 19.3 Å². The van der Waals surface area contributed by atoms with E-state index >= 15 is 0 Å². The van der Waals surface area contributed by atoms with Crippen LogP contribution in [0.25, 0.3) is 0 Å². The lowest BCUT2D eigenvalue weighted by Crippen LogP contribution is -2.52. The van der Waals surface area contributed by atoms with Crippen LogP contribution in [0.3, 0.4) is 0 Å². The molecule has 4 amide bonds. The second kappa shape index (κ2) is 12.4. The highest BCUT2D eigenvalue weighted by molar-refractivity contribution is 6.06. The number of rotatable bonds is 8. The van der Waals surface area contributed by atoms with Gasteiger partial charge in [0.15, 0.2) is 11.6 Å². The fourth-order valence-electron chi connectivity index (χ4n) is 5.09. The number of imide groups is 1. The average molecular weight is 614 g/mol. The molecule has 2 N–H and O–H groups in total. The van der Waals surface area contributed by atoms with Gasteiger partial charge in [-0.1, -0.05) is 30.3 Å². The summed E-state index contributed by atoms with van der Waals surface area (Å²) in [6.45, 7) is -0.0985. The first kappa shape index (κ1) is 29.3. The zero-order valence-corrected chi connectivity index (χ0v) is 23.5. The van der Waals surface area contributed by atoms with Crippen LogP contribution >= 0.6 is 0 Å². The Bertz CT molecular complexity index is 1800. The molecule has 228 valence electrons. The summed E-state index contributed by atoms with van der Waals surface area (Å²) in [5.74, 6) is -2.16. The monoisotopic (exact) mass is 613 g/mol. The Kier molecular flexibility index (Phi) is 8.10. The first-order chi connectivity index (χ1) is 21.7. The van der Waals surface area contributed by atoms with Crippen LogP contribution in [0.2, 0.25) is 0 Å². The van der Waals surface area contributed by atoms with Crippen molar-refractivity contribution in [3.8, 4) is 23.0 Å². The molecule has 2 aliphatic heterocycles. The van der Waals surface area contributed by atoms with Crippen molar-refractivity contribution in [2.75, 3.05) is 5.32 Å². The Morgan fingerprint density at radius 3 is 2.40 bits per heavy atom. The van der Waals surface area contributed by atoms with E-state index in [0.717, 1.165) is 6.07 Å². The lowest BCUT2D eigenvalue weighted by atomic mass is 10.0. The van der Waals surface area contributed by atoms with Crippen LogP contribution in [-0.4, -0.2) is 34.8 Å². The quantitative estimate of drug-likeness (QED) is 0.232.